The maximum atomic E-state index is 12.2. The molecule has 0 heterocycles. The Bertz CT molecular complexity index is 401. The fraction of sp³-hybridized carbons (Fsp3) is 0.562. The van der Waals surface area contributed by atoms with Gasteiger partial charge in [-0.1, -0.05) is 38.8 Å². The largest absolute Gasteiger partial charge is 0.389 e. The zero-order valence-corrected chi connectivity index (χ0v) is 12.1. The van der Waals surface area contributed by atoms with Gasteiger partial charge in [0.15, 0.2) is 0 Å². The summed E-state index contributed by atoms with van der Waals surface area (Å²) in [6.45, 7) is 5.90. The Morgan fingerprint density at radius 3 is 2.68 bits per heavy atom. The van der Waals surface area contributed by atoms with Gasteiger partial charge < -0.3 is 10.4 Å². The van der Waals surface area contributed by atoms with E-state index in [4.69, 9.17) is 0 Å². The first kappa shape index (κ1) is 15.7. The number of unbranched alkanes of at least 4 members (excludes halogenated alkanes) is 1. The molecule has 0 spiro atoms. The average Bonchev–Trinajstić information content (AvgIpc) is 2.40. The molecule has 2 N–H and O–H groups in total. The number of hydrogen-bond acceptors (Lipinski definition) is 2. The van der Waals surface area contributed by atoms with Crippen LogP contribution >= 0.6 is 0 Å². The van der Waals surface area contributed by atoms with Gasteiger partial charge in [-0.2, -0.15) is 0 Å². The van der Waals surface area contributed by atoms with Crippen LogP contribution in [-0.2, 0) is 4.79 Å². The molecule has 106 valence electrons. The van der Waals surface area contributed by atoms with E-state index in [1.165, 1.54) is 0 Å². The number of carbonyl (C=O) groups is 1. The van der Waals surface area contributed by atoms with Gasteiger partial charge in [-0.15, -0.1) is 0 Å². The molecule has 3 heteroatoms. The standard InChI is InChI=1S/C16H25NO2/c1-4-6-8-13(5-2)16(19)17-15-10-7-9-14(11-15)12(3)18/h7,9-13,18H,4-6,8H2,1-3H3,(H,17,19). The van der Waals surface area contributed by atoms with E-state index in [0.29, 0.717) is 0 Å². The van der Waals surface area contributed by atoms with Gasteiger partial charge in [0.25, 0.3) is 0 Å². The second kappa shape index (κ2) is 7.95. The lowest BCUT2D eigenvalue weighted by molar-refractivity contribution is -0.120. The highest BCUT2D eigenvalue weighted by atomic mass is 16.3. The fourth-order valence-electron chi connectivity index (χ4n) is 2.09. The predicted octanol–water partition coefficient (Wildman–Crippen LogP) is 3.89. The molecule has 0 radical (unpaired) electrons. The van der Waals surface area contributed by atoms with Crippen LogP contribution < -0.4 is 5.32 Å². The average molecular weight is 263 g/mol. The highest BCUT2D eigenvalue weighted by Crippen LogP contribution is 2.19. The molecule has 0 saturated heterocycles. The molecule has 1 amide bonds. The number of aliphatic hydroxyl groups is 1. The summed E-state index contributed by atoms with van der Waals surface area (Å²) in [6.07, 6.45) is 3.48. The number of hydrogen-bond donors (Lipinski definition) is 2. The van der Waals surface area contributed by atoms with E-state index < -0.39 is 6.10 Å². The molecule has 3 nitrogen and oxygen atoms in total. The van der Waals surface area contributed by atoms with E-state index in [-0.39, 0.29) is 11.8 Å². The molecule has 1 aromatic rings. The Hall–Kier alpha value is -1.35. The second-order valence-electron chi connectivity index (χ2n) is 5.04. The molecule has 0 fully saturated rings. The van der Waals surface area contributed by atoms with E-state index in [2.05, 4.69) is 12.2 Å². The van der Waals surface area contributed by atoms with Crippen molar-refractivity contribution in [2.45, 2.75) is 52.6 Å². The summed E-state index contributed by atoms with van der Waals surface area (Å²) in [6, 6.07) is 7.39. The van der Waals surface area contributed by atoms with Crippen LogP contribution in [0.15, 0.2) is 24.3 Å². The number of amides is 1. The first-order valence-corrected chi connectivity index (χ1v) is 7.17. The van der Waals surface area contributed by atoms with Crippen molar-refractivity contribution in [3.05, 3.63) is 29.8 Å². The Kier molecular flexibility index (Phi) is 6.57. The van der Waals surface area contributed by atoms with Crippen molar-refractivity contribution in [2.75, 3.05) is 5.32 Å². The first-order valence-electron chi connectivity index (χ1n) is 7.17. The molecule has 0 aliphatic carbocycles. The van der Waals surface area contributed by atoms with Gasteiger partial charge in [0.05, 0.1) is 6.10 Å². The van der Waals surface area contributed by atoms with Crippen molar-refractivity contribution >= 4 is 11.6 Å². The molecule has 0 aromatic heterocycles. The SMILES string of the molecule is CCCCC(CC)C(=O)Nc1cccc(C(C)O)c1. The van der Waals surface area contributed by atoms with E-state index in [1.807, 2.05) is 31.2 Å². The van der Waals surface area contributed by atoms with Gasteiger partial charge in [0.1, 0.15) is 0 Å². The number of rotatable bonds is 7. The molecule has 1 aromatic carbocycles. The minimum absolute atomic E-state index is 0.0788. The lowest BCUT2D eigenvalue weighted by Crippen LogP contribution is -2.22. The molecule has 1 rings (SSSR count). The molecule has 19 heavy (non-hydrogen) atoms. The number of carbonyl (C=O) groups excluding carboxylic acids is 1. The van der Waals surface area contributed by atoms with Crippen molar-refractivity contribution < 1.29 is 9.90 Å². The van der Waals surface area contributed by atoms with Crippen molar-refractivity contribution in [3.63, 3.8) is 0 Å². The van der Waals surface area contributed by atoms with Crippen LogP contribution in [0.2, 0.25) is 0 Å². The minimum Gasteiger partial charge on any atom is -0.389 e. The Morgan fingerprint density at radius 1 is 1.37 bits per heavy atom. The highest BCUT2D eigenvalue weighted by Gasteiger charge is 2.16. The minimum atomic E-state index is -0.515. The topological polar surface area (TPSA) is 49.3 Å². The van der Waals surface area contributed by atoms with E-state index >= 15 is 0 Å². The van der Waals surface area contributed by atoms with Crippen LogP contribution in [-0.4, -0.2) is 11.0 Å². The smallest absolute Gasteiger partial charge is 0.227 e. The normalized spacial score (nSPS) is 13.9. The summed E-state index contributed by atoms with van der Waals surface area (Å²) in [5.41, 5.74) is 1.58. The van der Waals surface area contributed by atoms with Crippen LogP contribution in [0.4, 0.5) is 5.69 Å². The zero-order chi connectivity index (χ0) is 14.3. The zero-order valence-electron chi connectivity index (χ0n) is 12.1. The monoisotopic (exact) mass is 263 g/mol. The van der Waals surface area contributed by atoms with E-state index in [9.17, 15) is 9.90 Å². The highest BCUT2D eigenvalue weighted by molar-refractivity contribution is 5.92. The molecule has 0 aliphatic heterocycles. The van der Waals surface area contributed by atoms with Crippen LogP contribution in [0.3, 0.4) is 0 Å². The summed E-state index contributed by atoms with van der Waals surface area (Å²) in [5, 5.41) is 12.5. The van der Waals surface area contributed by atoms with E-state index in [0.717, 1.165) is 36.9 Å². The Labute approximate surface area is 116 Å². The second-order valence-corrected chi connectivity index (χ2v) is 5.04. The van der Waals surface area contributed by atoms with Crippen LogP contribution in [0.25, 0.3) is 0 Å². The van der Waals surface area contributed by atoms with Crippen molar-refractivity contribution in [1.29, 1.82) is 0 Å². The third kappa shape index (κ3) is 5.03. The summed E-state index contributed by atoms with van der Waals surface area (Å²) < 4.78 is 0. The molecular weight excluding hydrogens is 238 g/mol. The van der Waals surface area contributed by atoms with Gasteiger partial charge in [0.2, 0.25) is 5.91 Å². The summed E-state index contributed by atoms with van der Waals surface area (Å²) in [5.74, 6) is 0.161. The van der Waals surface area contributed by atoms with Crippen molar-refractivity contribution in [2.24, 2.45) is 5.92 Å². The van der Waals surface area contributed by atoms with Crippen LogP contribution in [0.5, 0.6) is 0 Å². The number of aliphatic hydroxyl groups excluding tert-OH is 1. The van der Waals surface area contributed by atoms with Crippen LogP contribution in [0, 0.1) is 5.92 Å². The molecule has 2 atom stereocenters. The van der Waals surface area contributed by atoms with Crippen LogP contribution in [0.1, 0.15) is 58.1 Å². The summed E-state index contributed by atoms with van der Waals surface area (Å²) in [4.78, 5) is 12.2. The van der Waals surface area contributed by atoms with E-state index in [1.54, 1.807) is 6.92 Å². The van der Waals surface area contributed by atoms with Gasteiger partial charge in [-0.05, 0) is 37.5 Å². The first-order chi connectivity index (χ1) is 9.08. The van der Waals surface area contributed by atoms with Gasteiger partial charge in [0, 0.05) is 11.6 Å². The number of benzene rings is 1. The Balaban J connectivity index is 2.67. The fourth-order valence-corrected chi connectivity index (χ4v) is 2.09. The predicted molar refractivity (Wildman–Crippen MR) is 79.0 cm³/mol. The van der Waals surface area contributed by atoms with Crippen molar-refractivity contribution in [1.82, 2.24) is 0 Å². The van der Waals surface area contributed by atoms with Gasteiger partial charge >= 0.3 is 0 Å². The number of anilines is 1. The lowest BCUT2D eigenvalue weighted by Gasteiger charge is -2.15. The molecule has 0 saturated carbocycles. The third-order valence-electron chi connectivity index (χ3n) is 3.41. The lowest BCUT2D eigenvalue weighted by atomic mass is 9.98. The molecule has 0 bridgehead atoms. The summed E-state index contributed by atoms with van der Waals surface area (Å²) >= 11 is 0. The van der Waals surface area contributed by atoms with Crippen molar-refractivity contribution in [3.8, 4) is 0 Å². The summed E-state index contributed by atoms with van der Waals surface area (Å²) in [7, 11) is 0. The number of nitrogens with one attached hydrogen (secondary N) is 1. The maximum Gasteiger partial charge on any atom is 0.227 e. The van der Waals surface area contributed by atoms with Gasteiger partial charge in [-0.3, -0.25) is 4.79 Å². The molecular formula is C16H25NO2. The quantitative estimate of drug-likeness (QED) is 0.784. The molecule has 0 aliphatic rings. The third-order valence-corrected chi connectivity index (χ3v) is 3.41. The maximum absolute atomic E-state index is 12.2. The molecule has 2 unspecified atom stereocenters. The van der Waals surface area contributed by atoms with Gasteiger partial charge in [-0.25, -0.2) is 0 Å². The Morgan fingerprint density at radius 2 is 2.11 bits per heavy atom.